The molecule has 1 aliphatic heterocycles. The van der Waals surface area contributed by atoms with Gasteiger partial charge in [0.1, 0.15) is 0 Å². The van der Waals surface area contributed by atoms with Crippen molar-refractivity contribution in [3.05, 3.63) is 71.3 Å². The highest BCUT2D eigenvalue weighted by Crippen LogP contribution is 2.22. The molecule has 0 aromatic heterocycles. The van der Waals surface area contributed by atoms with Crippen LogP contribution in [0.25, 0.3) is 0 Å². The molecule has 1 unspecified atom stereocenters. The van der Waals surface area contributed by atoms with E-state index in [1.807, 2.05) is 60.9 Å². The van der Waals surface area contributed by atoms with Crippen LogP contribution in [0.15, 0.2) is 64.6 Å². The average molecular weight is 323 g/mol. The van der Waals surface area contributed by atoms with Crippen LogP contribution in [0.1, 0.15) is 16.7 Å². The fraction of sp³-hybridized carbons (Fsp3) is 0.167. The Morgan fingerprint density at radius 1 is 1.17 bits per heavy atom. The van der Waals surface area contributed by atoms with Gasteiger partial charge in [0, 0.05) is 17.5 Å². The maximum absolute atomic E-state index is 12.5. The molecule has 2 N–H and O–H groups in total. The van der Waals surface area contributed by atoms with E-state index in [2.05, 4.69) is 9.98 Å². The van der Waals surface area contributed by atoms with Crippen LogP contribution >= 0.6 is 11.8 Å². The molecule has 1 aliphatic rings. The van der Waals surface area contributed by atoms with Gasteiger partial charge in [-0.2, -0.15) is 0 Å². The van der Waals surface area contributed by atoms with Crippen molar-refractivity contribution in [2.45, 2.75) is 12.6 Å². The number of aliphatic imine (C=N–C) groups is 2. The van der Waals surface area contributed by atoms with Crippen molar-refractivity contribution in [3.8, 4) is 0 Å². The summed E-state index contributed by atoms with van der Waals surface area (Å²) in [4.78, 5) is 21.4. The van der Waals surface area contributed by atoms with Crippen molar-refractivity contribution < 1.29 is 4.79 Å². The van der Waals surface area contributed by atoms with Crippen molar-refractivity contribution in [1.82, 2.24) is 0 Å². The smallest absolute Gasteiger partial charge is 0.201 e. The SMILES string of the molecule is CSC(N)=NC1N=C(c2ccccc2)c2ccccc2CC1=O. The number of Topliss-reactive ketones (excluding diaryl/α,β-unsaturated/α-hetero) is 1. The fourth-order valence-corrected chi connectivity index (χ4v) is 2.75. The van der Waals surface area contributed by atoms with Crippen molar-refractivity contribution in [2.75, 3.05) is 6.26 Å². The number of fused-ring (bicyclic) bond motifs is 1. The van der Waals surface area contributed by atoms with E-state index in [9.17, 15) is 4.79 Å². The number of benzene rings is 2. The molecule has 0 aliphatic carbocycles. The molecule has 1 atom stereocenters. The van der Waals surface area contributed by atoms with Crippen LogP contribution in [0, 0.1) is 0 Å². The molecule has 3 rings (SSSR count). The van der Waals surface area contributed by atoms with Gasteiger partial charge in [0.05, 0.1) is 5.71 Å². The number of carbonyl (C=O) groups is 1. The highest BCUT2D eigenvalue weighted by molar-refractivity contribution is 8.13. The molecule has 0 spiro atoms. The molecule has 1 heterocycles. The summed E-state index contributed by atoms with van der Waals surface area (Å²) in [5.74, 6) is -0.0413. The first-order valence-corrected chi connectivity index (χ1v) is 8.53. The van der Waals surface area contributed by atoms with E-state index < -0.39 is 6.17 Å². The molecule has 0 radical (unpaired) electrons. The summed E-state index contributed by atoms with van der Waals surface area (Å²) in [5.41, 5.74) is 9.51. The third kappa shape index (κ3) is 3.35. The summed E-state index contributed by atoms with van der Waals surface area (Å²) in [6.45, 7) is 0. The molecule has 4 nitrogen and oxygen atoms in total. The van der Waals surface area contributed by atoms with Crippen LogP contribution in [0.4, 0.5) is 0 Å². The van der Waals surface area contributed by atoms with Gasteiger partial charge >= 0.3 is 0 Å². The van der Waals surface area contributed by atoms with Gasteiger partial charge in [0.25, 0.3) is 0 Å². The van der Waals surface area contributed by atoms with Crippen molar-refractivity contribution >= 4 is 28.4 Å². The molecular formula is C18H17N3OS. The van der Waals surface area contributed by atoms with Gasteiger partial charge in [-0.05, 0) is 11.8 Å². The van der Waals surface area contributed by atoms with Gasteiger partial charge in [-0.25, -0.2) is 9.98 Å². The summed E-state index contributed by atoms with van der Waals surface area (Å²) in [7, 11) is 0. The van der Waals surface area contributed by atoms with Crippen LogP contribution in [0.5, 0.6) is 0 Å². The number of amidine groups is 1. The lowest BCUT2D eigenvalue weighted by atomic mass is 9.96. The molecule has 5 heteroatoms. The van der Waals surface area contributed by atoms with Crippen molar-refractivity contribution in [1.29, 1.82) is 0 Å². The normalized spacial score (nSPS) is 18.1. The van der Waals surface area contributed by atoms with E-state index in [4.69, 9.17) is 5.73 Å². The number of carbonyl (C=O) groups excluding carboxylic acids is 1. The van der Waals surface area contributed by atoms with E-state index in [-0.39, 0.29) is 5.78 Å². The number of nitrogens with zero attached hydrogens (tertiary/aromatic N) is 2. The summed E-state index contributed by atoms with van der Waals surface area (Å²) >= 11 is 1.31. The Kier molecular flexibility index (Phi) is 4.57. The van der Waals surface area contributed by atoms with Crippen LogP contribution < -0.4 is 5.73 Å². The predicted molar refractivity (Wildman–Crippen MR) is 96.2 cm³/mol. The Labute approximate surface area is 139 Å². The van der Waals surface area contributed by atoms with E-state index >= 15 is 0 Å². The highest BCUT2D eigenvalue weighted by atomic mass is 32.2. The van der Waals surface area contributed by atoms with E-state index in [1.165, 1.54) is 11.8 Å². The lowest BCUT2D eigenvalue weighted by Crippen LogP contribution is -2.21. The third-order valence-electron chi connectivity index (χ3n) is 3.68. The lowest BCUT2D eigenvalue weighted by molar-refractivity contribution is -0.119. The Morgan fingerprint density at radius 3 is 2.61 bits per heavy atom. The fourth-order valence-electron chi connectivity index (χ4n) is 2.55. The predicted octanol–water partition coefficient (Wildman–Crippen LogP) is 2.65. The molecule has 0 fully saturated rings. The highest BCUT2D eigenvalue weighted by Gasteiger charge is 2.25. The van der Waals surface area contributed by atoms with Crippen molar-refractivity contribution in [2.24, 2.45) is 15.7 Å². The van der Waals surface area contributed by atoms with E-state index in [0.717, 1.165) is 22.4 Å². The number of nitrogens with two attached hydrogens (primary N) is 1. The maximum Gasteiger partial charge on any atom is 0.201 e. The van der Waals surface area contributed by atoms with Crippen LogP contribution in [-0.4, -0.2) is 29.1 Å². The Balaban J connectivity index is 2.17. The number of thioether (sulfide) groups is 1. The minimum absolute atomic E-state index is 0.0413. The molecule has 0 bridgehead atoms. The van der Waals surface area contributed by atoms with Gasteiger partial charge in [-0.15, -0.1) is 0 Å². The second-order valence-electron chi connectivity index (χ2n) is 5.19. The average Bonchev–Trinajstić information content (AvgIpc) is 2.72. The first-order valence-electron chi connectivity index (χ1n) is 7.30. The Bertz CT molecular complexity index is 784. The quantitative estimate of drug-likeness (QED) is 0.682. The topological polar surface area (TPSA) is 67.8 Å². The number of rotatable bonds is 2. The minimum Gasteiger partial charge on any atom is -0.378 e. The van der Waals surface area contributed by atoms with Gasteiger partial charge in [-0.1, -0.05) is 66.4 Å². The van der Waals surface area contributed by atoms with Crippen molar-refractivity contribution in [3.63, 3.8) is 0 Å². The zero-order valence-corrected chi connectivity index (χ0v) is 13.6. The lowest BCUT2D eigenvalue weighted by Gasteiger charge is -2.09. The number of hydrogen-bond acceptors (Lipinski definition) is 4. The van der Waals surface area contributed by atoms with Gasteiger partial charge in [-0.3, -0.25) is 4.79 Å². The van der Waals surface area contributed by atoms with Crippen LogP contribution in [-0.2, 0) is 11.2 Å². The first-order chi connectivity index (χ1) is 11.2. The van der Waals surface area contributed by atoms with Gasteiger partial charge in [0.2, 0.25) is 6.17 Å². The summed E-state index contributed by atoms with van der Waals surface area (Å²) in [6, 6.07) is 17.7. The van der Waals surface area contributed by atoms with Crippen LogP contribution in [0.3, 0.4) is 0 Å². The maximum atomic E-state index is 12.5. The molecule has 23 heavy (non-hydrogen) atoms. The zero-order valence-electron chi connectivity index (χ0n) is 12.8. The Morgan fingerprint density at radius 2 is 1.87 bits per heavy atom. The Hall–Kier alpha value is -2.40. The first kappa shape index (κ1) is 15.5. The molecule has 2 aromatic rings. The molecule has 116 valence electrons. The summed E-state index contributed by atoms with van der Waals surface area (Å²) in [6.07, 6.45) is 1.35. The number of ketones is 1. The largest absolute Gasteiger partial charge is 0.378 e. The van der Waals surface area contributed by atoms with E-state index in [1.54, 1.807) is 0 Å². The second kappa shape index (κ2) is 6.79. The summed E-state index contributed by atoms with van der Waals surface area (Å²) in [5, 5.41) is 0.366. The third-order valence-corrected chi connectivity index (χ3v) is 4.21. The van der Waals surface area contributed by atoms with Gasteiger partial charge in [0.15, 0.2) is 11.0 Å². The molecule has 2 aromatic carbocycles. The standard InChI is InChI=1S/C18H17N3OS/c1-23-18(19)21-17-15(22)11-13-9-5-6-10-14(13)16(20-17)12-7-3-2-4-8-12/h2-10,17H,11H2,1H3,(H2,19,21). The molecule has 0 saturated carbocycles. The minimum atomic E-state index is -0.787. The number of hydrogen-bond donors (Lipinski definition) is 1. The molecular weight excluding hydrogens is 306 g/mol. The molecule has 0 saturated heterocycles. The molecule has 0 amide bonds. The zero-order chi connectivity index (χ0) is 16.2. The van der Waals surface area contributed by atoms with Crippen LogP contribution in [0.2, 0.25) is 0 Å². The van der Waals surface area contributed by atoms with Gasteiger partial charge < -0.3 is 5.73 Å². The second-order valence-corrected chi connectivity index (χ2v) is 6.02. The van der Waals surface area contributed by atoms with E-state index in [0.29, 0.717) is 11.6 Å². The summed E-state index contributed by atoms with van der Waals surface area (Å²) < 4.78 is 0. The monoisotopic (exact) mass is 323 g/mol.